The number of benzene rings is 1. The molecular formula is C11H13FN4S. The first-order chi connectivity index (χ1) is 8.06. The predicted molar refractivity (Wildman–Crippen MR) is 67.5 cm³/mol. The Hall–Kier alpha value is -1.69. The van der Waals surface area contributed by atoms with E-state index in [4.69, 9.17) is 5.73 Å². The summed E-state index contributed by atoms with van der Waals surface area (Å²) in [7, 11) is 0. The zero-order valence-electron chi connectivity index (χ0n) is 9.57. The van der Waals surface area contributed by atoms with Crippen LogP contribution in [0.1, 0.15) is 24.1 Å². The highest BCUT2D eigenvalue weighted by Gasteiger charge is 2.09. The number of nitrogens with one attached hydrogen (secondary N) is 1. The lowest BCUT2D eigenvalue weighted by molar-refractivity contribution is 0.614. The Labute approximate surface area is 103 Å². The molecule has 1 aromatic heterocycles. The number of anilines is 2. The van der Waals surface area contributed by atoms with Crippen LogP contribution in [-0.2, 0) is 0 Å². The zero-order valence-corrected chi connectivity index (χ0v) is 10.4. The molecular weight excluding hydrogens is 239 g/mol. The molecule has 2 rings (SSSR count). The number of nitrogen functional groups attached to an aromatic ring is 1. The molecule has 2 aromatic rings. The van der Waals surface area contributed by atoms with Gasteiger partial charge in [-0.1, -0.05) is 12.1 Å². The van der Waals surface area contributed by atoms with Gasteiger partial charge in [-0.15, -0.1) is 0 Å². The molecule has 6 heteroatoms. The number of aromatic nitrogens is 2. The van der Waals surface area contributed by atoms with Crippen LogP contribution in [0.5, 0.6) is 0 Å². The summed E-state index contributed by atoms with van der Waals surface area (Å²) < 4.78 is 17.3. The number of nitrogens with two attached hydrogens (primary N) is 1. The fourth-order valence-corrected chi connectivity index (χ4v) is 2.03. The second-order valence-corrected chi connectivity index (χ2v) is 4.58. The van der Waals surface area contributed by atoms with Crippen molar-refractivity contribution in [3.63, 3.8) is 0 Å². The largest absolute Gasteiger partial charge is 0.367 e. The number of aryl methyl sites for hydroxylation is 1. The SMILES string of the molecule is Cc1ccc(C(C)Nc2nc(N)ns2)cc1F. The molecule has 1 aromatic carbocycles. The summed E-state index contributed by atoms with van der Waals surface area (Å²) in [5, 5.41) is 3.76. The molecule has 0 aliphatic carbocycles. The summed E-state index contributed by atoms with van der Waals surface area (Å²) in [5.41, 5.74) is 6.93. The van der Waals surface area contributed by atoms with Gasteiger partial charge in [-0.05, 0) is 31.0 Å². The number of nitrogens with zero attached hydrogens (tertiary/aromatic N) is 2. The molecule has 0 fully saturated rings. The Morgan fingerprint density at radius 1 is 1.47 bits per heavy atom. The maximum atomic E-state index is 13.4. The van der Waals surface area contributed by atoms with Crippen LogP contribution in [0, 0.1) is 12.7 Å². The molecule has 90 valence electrons. The maximum Gasteiger partial charge on any atom is 0.233 e. The van der Waals surface area contributed by atoms with Crippen molar-refractivity contribution in [3.05, 3.63) is 35.1 Å². The monoisotopic (exact) mass is 252 g/mol. The van der Waals surface area contributed by atoms with E-state index >= 15 is 0 Å². The summed E-state index contributed by atoms with van der Waals surface area (Å²) in [5.74, 6) is 0.0488. The molecule has 0 aliphatic rings. The molecule has 1 atom stereocenters. The van der Waals surface area contributed by atoms with E-state index in [1.165, 1.54) is 17.6 Å². The van der Waals surface area contributed by atoms with Gasteiger partial charge in [0.25, 0.3) is 0 Å². The van der Waals surface area contributed by atoms with Crippen LogP contribution < -0.4 is 11.1 Å². The standard InChI is InChI=1S/C11H13FN4S/c1-6-3-4-8(5-9(6)12)7(2)14-11-15-10(13)16-17-11/h3-5,7H,1-2H3,(H3,13,14,15,16). The van der Waals surface area contributed by atoms with Crippen molar-refractivity contribution in [2.24, 2.45) is 0 Å². The minimum Gasteiger partial charge on any atom is -0.367 e. The molecule has 17 heavy (non-hydrogen) atoms. The van der Waals surface area contributed by atoms with Gasteiger partial charge in [0.2, 0.25) is 11.1 Å². The first-order valence-electron chi connectivity index (χ1n) is 5.18. The number of rotatable bonds is 3. The Morgan fingerprint density at radius 2 is 2.24 bits per heavy atom. The van der Waals surface area contributed by atoms with Crippen molar-refractivity contribution in [2.45, 2.75) is 19.9 Å². The van der Waals surface area contributed by atoms with E-state index in [1.54, 1.807) is 13.0 Å². The summed E-state index contributed by atoms with van der Waals surface area (Å²) in [4.78, 5) is 4.00. The quantitative estimate of drug-likeness (QED) is 0.881. The lowest BCUT2D eigenvalue weighted by atomic mass is 10.1. The molecule has 1 unspecified atom stereocenters. The second-order valence-electron chi connectivity index (χ2n) is 3.83. The van der Waals surface area contributed by atoms with Crippen molar-refractivity contribution in [2.75, 3.05) is 11.1 Å². The van der Waals surface area contributed by atoms with Gasteiger partial charge in [-0.3, -0.25) is 0 Å². The average Bonchev–Trinajstić information content (AvgIpc) is 2.68. The third kappa shape index (κ3) is 2.71. The highest BCUT2D eigenvalue weighted by molar-refractivity contribution is 7.09. The smallest absolute Gasteiger partial charge is 0.233 e. The predicted octanol–water partition coefficient (Wildman–Crippen LogP) is 2.74. The first-order valence-corrected chi connectivity index (χ1v) is 5.95. The van der Waals surface area contributed by atoms with Crippen LogP contribution in [0.2, 0.25) is 0 Å². The number of halogens is 1. The molecule has 0 aliphatic heterocycles. The normalized spacial score (nSPS) is 12.4. The van der Waals surface area contributed by atoms with E-state index in [2.05, 4.69) is 14.7 Å². The van der Waals surface area contributed by atoms with Crippen molar-refractivity contribution in [1.82, 2.24) is 9.36 Å². The summed E-state index contributed by atoms with van der Waals surface area (Å²) in [6.45, 7) is 3.67. The van der Waals surface area contributed by atoms with E-state index in [9.17, 15) is 4.39 Å². The molecule has 0 saturated carbocycles. The van der Waals surface area contributed by atoms with Gasteiger partial charge in [0, 0.05) is 11.5 Å². The summed E-state index contributed by atoms with van der Waals surface area (Å²) >= 11 is 1.19. The van der Waals surface area contributed by atoms with Crippen LogP contribution in [0.25, 0.3) is 0 Å². The van der Waals surface area contributed by atoms with Gasteiger partial charge in [0.15, 0.2) is 0 Å². The Bertz CT molecular complexity index is 526. The van der Waals surface area contributed by atoms with Crippen molar-refractivity contribution < 1.29 is 4.39 Å². The third-order valence-corrected chi connectivity index (χ3v) is 3.14. The van der Waals surface area contributed by atoms with E-state index in [0.717, 1.165) is 5.56 Å². The summed E-state index contributed by atoms with van der Waals surface area (Å²) in [6, 6.07) is 5.13. The molecule has 0 saturated heterocycles. The molecule has 1 heterocycles. The second kappa shape index (κ2) is 4.67. The van der Waals surface area contributed by atoms with Gasteiger partial charge in [-0.25, -0.2) is 4.39 Å². The van der Waals surface area contributed by atoms with Crippen LogP contribution >= 0.6 is 11.5 Å². The van der Waals surface area contributed by atoms with E-state index in [1.807, 2.05) is 13.0 Å². The Morgan fingerprint density at radius 3 is 2.82 bits per heavy atom. The van der Waals surface area contributed by atoms with Gasteiger partial charge < -0.3 is 11.1 Å². The number of hydrogen-bond acceptors (Lipinski definition) is 5. The Balaban J connectivity index is 2.14. The van der Waals surface area contributed by atoms with Gasteiger partial charge in [0.05, 0.1) is 6.04 Å². The molecule has 4 nitrogen and oxygen atoms in total. The van der Waals surface area contributed by atoms with E-state index in [-0.39, 0.29) is 17.8 Å². The molecule has 0 spiro atoms. The van der Waals surface area contributed by atoms with Crippen LogP contribution in [0.3, 0.4) is 0 Å². The third-order valence-electron chi connectivity index (χ3n) is 2.48. The van der Waals surface area contributed by atoms with Crippen molar-refractivity contribution in [3.8, 4) is 0 Å². The van der Waals surface area contributed by atoms with Crippen LogP contribution in [0.4, 0.5) is 15.5 Å². The molecule has 0 amide bonds. The maximum absolute atomic E-state index is 13.4. The topological polar surface area (TPSA) is 63.8 Å². The fourth-order valence-electron chi connectivity index (χ4n) is 1.44. The van der Waals surface area contributed by atoms with Gasteiger partial charge >= 0.3 is 0 Å². The highest BCUT2D eigenvalue weighted by atomic mass is 32.1. The minimum absolute atomic E-state index is 0.0440. The average molecular weight is 252 g/mol. The fraction of sp³-hybridized carbons (Fsp3) is 0.273. The summed E-state index contributed by atoms with van der Waals surface area (Å²) in [6.07, 6.45) is 0. The first kappa shape index (κ1) is 11.8. The van der Waals surface area contributed by atoms with E-state index in [0.29, 0.717) is 10.7 Å². The van der Waals surface area contributed by atoms with E-state index < -0.39 is 0 Å². The lowest BCUT2D eigenvalue weighted by Gasteiger charge is -2.13. The Kier molecular flexibility index (Phi) is 3.23. The zero-order chi connectivity index (χ0) is 12.4. The highest BCUT2D eigenvalue weighted by Crippen LogP contribution is 2.22. The number of hydrogen-bond donors (Lipinski definition) is 2. The van der Waals surface area contributed by atoms with Gasteiger partial charge in [-0.2, -0.15) is 9.36 Å². The minimum atomic E-state index is -0.201. The van der Waals surface area contributed by atoms with Crippen molar-refractivity contribution >= 4 is 22.6 Å². The molecule has 3 N–H and O–H groups in total. The molecule has 0 radical (unpaired) electrons. The van der Waals surface area contributed by atoms with Crippen molar-refractivity contribution in [1.29, 1.82) is 0 Å². The molecule has 0 bridgehead atoms. The van der Waals surface area contributed by atoms with Crippen LogP contribution in [-0.4, -0.2) is 9.36 Å². The van der Waals surface area contributed by atoms with Gasteiger partial charge in [0.1, 0.15) is 5.82 Å². The van der Waals surface area contributed by atoms with Crippen LogP contribution in [0.15, 0.2) is 18.2 Å². The lowest BCUT2D eigenvalue weighted by Crippen LogP contribution is -2.07.